The number of nitriles is 1. The molecule has 8 unspecified atom stereocenters. The molecule has 0 bridgehead atoms. The highest BCUT2D eigenvalue weighted by Crippen LogP contribution is 2.65. The van der Waals surface area contributed by atoms with Crippen LogP contribution in [-0.4, -0.2) is 91.0 Å². The molecule has 40 heavy (non-hydrogen) atoms. The van der Waals surface area contributed by atoms with E-state index in [2.05, 4.69) is 10.6 Å². The third kappa shape index (κ3) is 5.92. The zero-order chi connectivity index (χ0) is 29.6. The Bertz CT molecular complexity index is 1070. The molecule has 13 heteroatoms. The fourth-order valence-corrected chi connectivity index (χ4v) is 7.12. The first-order valence-electron chi connectivity index (χ1n) is 14.0. The van der Waals surface area contributed by atoms with E-state index in [4.69, 9.17) is 0 Å². The van der Waals surface area contributed by atoms with Gasteiger partial charge >= 0.3 is 12.1 Å². The van der Waals surface area contributed by atoms with Crippen molar-refractivity contribution in [1.82, 2.24) is 25.8 Å². The summed E-state index contributed by atoms with van der Waals surface area (Å²) in [5, 5.41) is 17.1. The van der Waals surface area contributed by atoms with Gasteiger partial charge in [0.05, 0.1) is 6.07 Å². The fourth-order valence-electron chi connectivity index (χ4n) is 7.12. The molecule has 3 N–H and O–H groups in total. The number of fused-ring (bicyclic) bond motifs is 1. The average Bonchev–Trinajstić information content (AvgIpc) is 3.23. The van der Waals surface area contributed by atoms with Crippen LogP contribution in [0.2, 0.25) is 0 Å². The third-order valence-corrected chi connectivity index (χ3v) is 9.61. The number of nitrogens with zero attached hydrogens (tertiary/aromatic N) is 3. The first kappa shape index (κ1) is 30.1. The maximum Gasteiger partial charge on any atom is 0.471 e. The van der Waals surface area contributed by atoms with Gasteiger partial charge in [0.2, 0.25) is 17.7 Å². The summed E-state index contributed by atoms with van der Waals surface area (Å²) in [6.45, 7) is 4.62. The van der Waals surface area contributed by atoms with Crippen LogP contribution in [0.5, 0.6) is 0 Å². The SMILES string of the molecule is CN(C)C1CCCC(C(NC(=O)C(F)(F)F)C(=O)N2CC3C(C2C(=O)NC(C#N)CC2CCNC2=O)C3(C)C)C1. The second-order valence-electron chi connectivity index (χ2n) is 12.6. The Labute approximate surface area is 232 Å². The summed E-state index contributed by atoms with van der Waals surface area (Å²) in [7, 11) is 3.74. The quantitative estimate of drug-likeness (QED) is 0.403. The Morgan fingerprint density at radius 1 is 1.20 bits per heavy atom. The zero-order valence-corrected chi connectivity index (χ0v) is 23.4. The number of nitrogens with one attached hydrogen (secondary N) is 3. The molecule has 0 aromatic carbocycles. The van der Waals surface area contributed by atoms with Gasteiger partial charge in [-0.1, -0.05) is 20.3 Å². The Balaban J connectivity index is 1.56. The smallest absolute Gasteiger partial charge is 0.356 e. The number of alkyl halides is 3. The molecule has 10 nitrogen and oxygen atoms in total. The van der Waals surface area contributed by atoms with Crippen LogP contribution in [0.1, 0.15) is 52.4 Å². The van der Waals surface area contributed by atoms with Gasteiger partial charge < -0.3 is 25.8 Å². The number of carbonyl (C=O) groups is 4. The van der Waals surface area contributed by atoms with E-state index >= 15 is 0 Å². The van der Waals surface area contributed by atoms with E-state index in [9.17, 15) is 37.6 Å². The van der Waals surface area contributed by atoms with Crippen molar-refractivity contribution >= 4 is 23.6 Å². The van der Waals surface area contributed by atoms with E-state index in [0.29, 0.717) is 32.2 Å². The fraction of sp³-hybridized carbons (Fsp3) is 0.815. The Morgan fingerprint density at radius 2 is 1.90 bits per heavy atom. The number of hydrogen-bond donors (Lipinski definition) is 3. The van der Waals surface area contributed by atoms with Crippen molar-refractivity contribution in [3.8, 4) is 6.07 Å². The van der Waals surface area contributed by atoms with Crippen molar-refractivity contribution in [3.05, 3.63) is 0 Å². The predicted octanol–water partition coefficient (Wildman–Crippen LogP) is 1.17. The van der Waals surface area contributed by atoms with Crippen molar-refractivity contribution in [2.45, 2.75) is 82.7 Å². The van der Waals surface area contributed by atoms with Crippen LogP contribution >= 0.6 is 0 Å². The minimum absolute atomic E-state index is 0.0341. The average molecular weight is 569 g/mol. The molecule has 2 heterocycles. The van der Waals surface area contributed by atoms with Crippen molar-refractivity contribution in [2.24, 2.45) is 29.1 Å². The second-order valence-corrected chi connectivity index (χ2v) is 12.6. The second kappa shape index (κ2) is 11.2. The summed E-state index contributed by atoms with van der Waals surface area (Å²) in [4.78, 5) is 54.9. The molecule has 4 rings (SSSR count). The van der Waals surface area contributed by atoms with Gasteiger partial charge in [0.25, 0.3) is 0 Å². The van der Waals surface area contributed by atoms with E-state index in [1.807, 2.05) is 44.2 Å². The Kier molecular flexibility index (Phi) is 8.41. The number of halogens is 3. The molecule has 2 saturated heterocycles. The van der Waals surface area contributed by atoms with Gasteiger partial charge in [0.15, 0.2) is 0 Å². The molecule has 0 spiro atoms. The lowest BCUT2D eigenvalue weighted by atomic mass is 9.80. The lowest BCUT2D eigenvalue weighted by Gasteiger charge is -2.40. The minimum atomic E-state index is -5.16. The molecular weight excluding hydrogens is 529 g/mol. The minimum Gasteiger partial charge on any atom is -0.356 e. The summed E-state index contributed by atoms with van der Waals surface area (Å²) in [6.07, 6.45) is -2.04. The molecule has 0 aromatic rings. The third-order valence-electron chi connectivity index (χ3n) is 9.61. The number of piperidine rings is 1. The van der Waals surface area contributed by atoms with Crippen LogP contribution in [0.15, 0.2) is 0 Å². The van der Waals surface area contributed by atoms with Crippen molar-refractivity contribution in [2.75, 3.05) is 27.2 Å². The van der Waals surface area contributed by atoms with Gasteiger partial charge in [-0.15, -0.1) is 0 Å². The van der Waals surface area contributed by atoms with Gasteiger partial charge in [-0.3, -0.25) is 19.2 Å². The van der Waals surface area contributed by atoms with Crippen LogP contribution in [0, 0.1) is 40.4 Å². The molecule has 2 aliphatic heterocycles. The van der Waals surface area contributed by atoms with E-state index in [0.717, 1.165) is 6.42 Å². The number of hydrogen-bond acceptors (Lipinski definition) is 6. The van der Waals surface area contributed by atoms with Crippen molar-refractivity contribution < 1.29 is 32.3 Å². The van der Waals surface area contributed by atoms with Crippen LogP contribution < -0.4 is 16.0 Å². The summed E-state index contributed by atoms with van der Waals surface area (Å²) in [6, 6.07) is -1.30. The molecule has 0 aromatic heterocycles. The number of amides is 4. The van der Waals surface area contributed by atoms with Gasteiger partial charge in [-0.25, -0.2) is 0 Å². The lowest BCUT2D eigenvalue weighted by molar-refractivity contribution is -0.176. The van der Waals surface area contributed by atoms with Crippen LogP contribution in [-0.2, 0) is 19.2 Å². The largest absolute Gasteiger partial charge is 0.471 e. The van der Waals surface area contributed by atoms with Crippen molar-refractivity contribution in [1.29, 1.82) is 5.26 Å². The molecule has 4 aliphatic rings. The first-order valence-corrected chi connectivity index (χ1v) is 14.0. The number of rotatable bonds is 8. The maximum atomic E-state index is 14.0. The van der Waals surface area contributed by atoms with Crippen LogP contribution in [0.4, 0.5) is 13.2 Å². The summed E-state index contributed by atoms with van der Waals surface area (Å²) < 4.78 is 39.9. The molecule has 2 aliphatic carbocycles. The van der Waals surface area contributed by atoms with Gasteiger partial charge in [0, 0.05) is 25.0 Å². The molecule has 0 radical (unpaired) electrons. The summed E-state index contributed by atoms with van der Waals surface area (Å²) in [5.74, 6) is -4.82. The summed E-state index contributed by atoms with van der Waals surface area (Å²) in [5.41, 5.74) is -0.266. The molecule has 222 valence electrons. The standard InChI is InChI=1S/C27H39F3N6O4/c1-26(2)18-13-36(21(19(18)26)23(38)33-16(12-31)10-15-8-9-32-22(15)37)24(39)20(34-25(40)27(28,29)30)14-6-5-7-17(11-14)35(3)4/h14-21H,5-11,13H2,1-4H3,(H,32,37)(H,33,38)(H,34,40). The molecule has 4 amide bonds. The summed E-state index contributed by atoms with van der Waals surface area (Å²) >= 11 is 0. The van der Waals surface area contributed by atoms with E-state index in [-0.39, 0.29) is 42.2 Å². The van der Waals surface area contributed by atoms with E-state index < -0.39 is 53.9 Å². The predicted molar refractivity (Wildman–Crippen MR) is 137 cm³/mol. The normalized spacial score (nSPS) is 32.5. The first-order chi connectivity index (χ1) is 18.7. The Hall–Kier alpha value is -2.88. The molecule has 2 saturated carbocycles. The number of carbonyl (C=O) groups excluding carboxylic acids is 4. The van der Waals surface area contributed by atoms with Gasteiger partial charge in [-0.05, 0) is 69.4 Å². The monoisotopic (exact) mass is 568 g/mol. The maximum absolute atomic E-state index is 14.0. The Morgan fingerprint density at radius 3 is 2.48 bits per heavy atom. The van der Waals surface area contributed by atoms with Gasteiger partial charge in [-0.2, -0.15) is 18.4 Å². The van der Waals surface area contributed by atoms with Crippen LogP contribution in [0.3, 0.4) is 0 Å². The van der Waals surface area contributed by atoms with Crippen LogP contribution in [0.25, 0.3) is 0 Å². The van der Waals surface area contributed by atoms with Crippen molar-refractivity contribution in [3.63, 3.8) is 0 Å². The van der Waals surface area contributed by atoms with E-state index in [1.165, 1.54) is 4.90 Å². The highest BCUT2D eigenvalue weighted by molar-refractivity contribution is 5.94. The molecule has 4 fully saturated rings. The number of likely N-dealkylation sites (tertiary alicyclic amines) is 1. The highest BCUT2D eigenvalue weighted by atomic mass is 19.4. The molecule has 8 atom stereocenters. The molecular formula is C27H39F3N6O4. The highest BCUT2D eigenvalue weighted by Gasteiger charge is 2.69. The topological polar surface area (TPSA) is 135 Å². The van der Waals surface area contributed by atoms with E-state index in [1.54, 1.807) is 0 Å². The lowest BCUT2D eigenvalue weighted by Crippen LogP contribution is -2.60. The van der Waals surface area contributed by atoms with Gasteiger partial charge in [0.1, 0.15) is 18.1 Å². The zero-order valence-electron chi connectivity index (χ0n) is 23.4.